The highest BCUT2D eigenvalue weighted by Crippen LogP contribution is 2.45. The fourth-order valence-corrected chi connectivity index (χ4v) is 8.68. The minimum Gasteiger partial charge on any atom is -0.444 e. The van der Waals surface area contributed by atoms with Gasteiger partial charge in [0, 0.05) is 32.5 Å². The number of fused-ring (bicyclic) bond motifs is 3. The lowest BCUT2D eigenvalue weighted by atomic mass is 9.85. The van der Waals surface area contributed by atoms with Crippen LogP contribution in [0.4, 0.5) is 9.59 Å². The van der Waals surface area contributed by atoms with Crippen LogP contribution in [-0.4, -0.2) is 102 Å². The van der Waals surface area contributed by atoms with Gasteiger partial charge in [-0.2, -0.15) is 0 Å². The summed E-state index contributed by atoms with van der Waals surface area (Å²) < 4.78 is 33.5. The average molecular weight is 739 g/mol. The van der Waals surface area contributed by atoms with Gasteiger partial charge in [0.2, 0.25) is 21.8 Å². The van der Waals surface area contributed by atoms with Crippen LogP contribution in [0, 0.1) is 11.3 Å². The third-order valence-corrected chi connectivity index (χ3v) is 12.6. The van der Waals surface area contributed by atoms with Gasteiger partial charge in [-0.15, -0.1) is 6.58 Å². The number of amides is 6. The maximum Gasteiger partial charge on any atom is 0.410 e. The molecule has 15 heteroatoms. The van der Waals surface area contributed by atoms with E-state index in [0.29, 0.717) is 32.5 Å². The molecule has 1 saturated heterocycles. The Balaban J connectivity index is 1.28. The summed E-state index contributed by atoms with van der Waals surface area (Å²) in [5, 5.41) is 5.00. The quantitative estimate of drug-likeness (QED) is 0.374. The van der Waals surface area contributed by atoms with E-state index < -0.39 is 80.2 Å². The molecular weight excluding hydrogens is 689 g/mol. The summed E-state index contributed by atoms with van der Waals surface area (Å²) in [6.07, 6.45) is 7.54. The molecule has 0 radical (unpaired) electrons. The SMILES string of the molecule is C=C[C@@H]1C[C@]1(NC(=O)[C@@H]1CC2CN1C(=O)[C@H](C(C)(C)C)NC(=O)N(C)CCCC/C=C\c1cccc3c1CN(C3)C(=O)O2)C(=O)NS(=O)(=O)C1CC1. The van der Waals surface area contributed by atoms with Crippen LogP contribution in [-0.2, 0) is 42.2 Å². The van der Waals surface area contributed by atoms with E-state index in [-0.39, 0.29) is 19.4 Å². The number of nitrogens with one attached hydrogen (secondary N) is 3. The molecule has 2 saturated carbocycles. The Morgan fingerprint density at radius 3 is 2.54 bits per heavy atom. The zero-order valence-corrected chi connectivity index (χ0v) is 31.2. The van der Waals surface area contributed by atoms with E-state index >= 15 is 0 Å². The Morgan fingerprint density at radius 2 is 1.87 bits per heavy atom. The molecule has 3 heterocycles. The lowest BCUT2D eigenvalue weighted by Crippen LogP contribution is -2.61. The number of benzene rings is 1. The molecule has 6 amide bonds. The van der Waals surface area contributed by atoms with Crippen LogP contribution >= 0.6 is 0 Å². The van der Waals surface area contributed by atoms with Crippen molar-refractivity contribution in [1.82, 2.24) is 30.1 Å². The predicted molar refractivity (Wildman–Crippen MR) is 193 cm³/mol. The second-order valence-corrected chi connectivity index (χ2v) is 17.8. The summed E-state index contributed by atoms with van der Waals surface area (Å²) in [6.45, 7) is 10.2. The maximum absolute atomic E-state index is 14.5. The smallest absolute Gasteiger partial charge is 0.410 e. The number of rotatable bonds is 6. The number of carbonyl (C=O) groups is 5. The summed E-state index contributed by atoms with van der Waals surface area (Å²) in [4.78, 5) is 73.6. The van der Waals surface area contributed by atoms with Gasteiger partial charge in [-0.1, -0.05) is 57.2 Å². The van der Waals surface area contributed by atoms with E-state index in [9.17, 15) is 32.4 Å². The molecule has 282 valence electrons. The van der Waals surface area contributed by atoms with E-state index in [1.165, 1.54) is 15.9 Å². The average Bonchev–Trinajstić information content (AvgIpc) is 3.97. The molecule has 6 rings (SSSR count). The first-order valence-corrected chi connectivity index (χ1v) is 19.6. The molecule has 3 N–H and O–H groups in total. The van der Waals surface area contributed by atoms with Crippen LogP contribution < -0.4 is 15.4 Å². The minimum atomic E-state index is -3.90. The molecule has 5 atom stereocenters. The molecule has 4 bridgehead atoms. The molecule has 0 aromatic heterocycles. The Kier molecular flexibility index (Phi) is 10.2. The standard InChI is InChI=1S/C37H50N6O8S/c1-6-25-19-37(25,33(46)40-52(49,50)27-15-16-27)39-31(44)29-18-26-21-43(29)32(45)30(36(2,3)4)38-34(47)41(5)17-10-8-7-9-12-23-13-11-14-24-20-42(22-28(23)24)35(48)51-26/h6,9,11-14,25-27,29-30H,1,7-8,10,15-22H2,2-5H3,(H,38,47)(H,39,44)(H,40,46)/b12-9-/t25-,26?,29+,30-,37-/m1/s1. The number of sulfonamides is 1. The zero-order chi connectivity index (χ0) is 37.6. The monoisotopic (exact) mass is 738 g/mol. The summed E-state index contributed by atoms with van der Waals surface area (Å²) in [7, 11) is -2.24. The predicted octanol–water partition coefficient (Wildman–Crippen LogP) is 3.03. The van der Waals surface area contributed by atoms with Crippen molar-refractivity contribution >= 4 is 45.9 Å². The van der Waals surface area contributed by atoms with Gasteiger partial charge in [0.1, 0.15) is 23.7 Å². The maximum atomic E-state index is 14.5. The summed E-state index contributed by atoms with van der Waals surface area (Å²) in [5.74, 6) is -2.63. The Labute approximate surface area is 305 Å². The largest absolute Gasteiger partial charge is 0.444 e. The molecule has 1 aromatic carbocycles. The number of hydrogen-bond donors (Lipinski definition) is 3. The molecule has 2 aliphatic carbocycles. The van der Waals surface area contributed by atoms with Gasteiger partial charge in [0.25, 0.3) is 5.91 Å². The Hall–Kier alpha value is -4.40. The molecule has 3 aliphatic heterocycles. The Bertz CT molecular complexity index is 1790. The van der Waals surface area contributed by atoms with E-state index in [0.717, 1.165) is 36.0 Å². The first-order chi connectivity index (χ1) is 24.5. The molecule has 14 nitrogen and oxygen atoms in total. The van der Waals surface area contributed by atoms with Gasteiger partial charge < -0.3 is 25.2 Å². The van der Waals surface area contributed by atoms with E-state index in [2.05, 4.69) is 34.1 Å². The molecule has 1 aromatic rings. The van der Waals surface area contributed by atoms with E-state index in [1.807, 2.05) is 18.2 Å². The molecule has 5 aliphatic rings. The zero-order valence-electron chi connectivity index (χ0n) is 30.4. The lowest BCUT2D eigenvalue weighted by molar-refractivity contribution is -0.142. The highest BCUT2D eigenvalue weighted by Gasteiger charge is 2.62. The van der Waals surface area contributed by atoms with Gasteiger partial charge in [-0.3, -0.25) is 24.0 Å². The van der Waals surface area contributed by atoms with Crippen molar-refractivity contribution in [3.05, 3.63) is 53.6 Å². The molecule has 52 heavy (non-hydrogen) atoms. The second kappa shape index (κ2) is 14.2. The van der Waals surface area contributed by atoms with Crippen molar-refractivity contribution in [2.24, 2.45) is 11.3 Å². The van der Waals surface area contributed by atoms with Crippen LogP contribution in [0.5, 0.6) is 0 Å². The number of hydrogen-bond acceptors (Lipinski definition) is 8. The van der Waals surface area contributed by atoms with Crippen LogP contribution in [0.15, 0.2) is 36.9 Å². The first kappa shape index (κ1) is 37.4. The number of ether oxygens (including phenoxy) is 1. The van der Waals surface area contributed by atoms with Crippen molar-refractivity contribution < 1.29 is 37.1 Å². The van der Waals surface area contributed by atoms with Crippen molar-refractivity contribution in [2.75, 3.05) is 20.1 Å². The van der Waals surface area contributed by atoms with Gasteiger partial charge >= 0.3 is 12.1 Å². The topological polar surface area (TPSA) is 175 Å². The third-order valence-electron chi connectivity index (χ3n) is 10.8. The van der Waals surface area contributed by atoms with Crippen LogP contribution in [0.2, 0.25) is 0 Å². The van der Waals surface area contributed by atoms with Crippen molar-refractivity contribution in [3.63, 3.8) is 0 Å². The second-order valence-electron chi connectivity index (χ2n) is 15.8. The van der Waals surface area contributed by atoms with E-state index in [1.54, 1.807) is 32.7 Å². The van der Waals surface area contributed by atoms with Gasteiger partial charge in [-0.05, 0) is 60.6 Å². The highest BCUT2D eigenvalue weighted by molar-refractivity contribution is 7.91. The number of urea groups is 1. The van der Waals surface area contributed by atoms with Crippen molar-refractivity contribution in [1.29, 1.82) is 0 Å². The van der Waals surface area contributed by atoms with Gasteiger partial charge in [0.15, 0.2) is 0 Å². The van der Waals surface area contributed by atoms with Crippen molar-refractivity contribution in [2.45, 2.75) is 108 Å². The molecular formula is C37H50N6O8S. The van der Waals surface area contributed by atoms with E-state index in [4.69, 9.17) is 4.74 Å². The fraction of sp³-hybridized carbons (Fsp3) is 0.595. The van der Waals surface area contributed by atoms with Gasteiger partial charge in [-0.25, -0.2) is 18.0 Å². The number of carbonyl (C=O) groups excluding carboxylic acids is 5. The van der Waals surface area contributed by atoms with Crippen LogP contribution in [0.1, 0.15) is 82.4 Å². The fourth-order valence-electron chi connectivity index (χ4n) is 7.32. The Morgan fingerprint density at radius 1 is 1.12 bits per heavy atom. The summed E-state index contributed by atoms with van der Waals surface area (Å²) in [6, 6.07) is 3.25. The summed E-state index contributed by atoms with van der Waals surface area (Å²) >= 11 is 0. The minimum absolute atomic E-state index is 0.0698. The normalized spacial score (nSPS) is 29.2. The number of allylic oxidation sites excluding steroid dienone is 1. The van der Waals surface area contributed by atoms with Crippen LogP contribution in [0.25, 0.3) is 6.08 Å². The molecule has 0 spiro atoms. The highest BCUT2D eigenvalue weighted by atomic mass is 32.2. The lowest BCUT2D eigenvalue weighted by Gasteiger charge is -2.36. The third kappa shape index (κ3) is 7.69. The summed E-state index contributed by atoms with van der Waals surface area (Å²) in [5.41, 5.74) is 0.707. The molecule has 1 unspecified atom stereocenters. The first-order valence-electron chi connectivity index (χ1n) is 18.1. The molecule has 3 fully saturated rings. The number of nitrogens with zero attached hydrogens (tertiary/aromatic N) is 3. The van der Waals surface area contributed by atoms with Crippen LogP contribution in [0.3, 0.4) is 0 Å². The van der Waals surface area contributed by atoms with Crippen molar-refractivity contribution in [3.8, 4) is 0 Å². The van der Waals surface area contributed by atoms with Gasteiger partial charge in [0.05, 0.1) is 18.3 Å².